The normalized spacial score (nSPS) is 16.1. The van der Waals surface area contributed by atoms with E-state index in [4.69, 9.17) is 10.8 Å². The van der Waals surface area contributed by atoms with Crippen LogP contribution in [0.5, 0.6) is 0 Å². The lowest BCUT2D eigenvalue weighted by Gasteiger charge is -2.23. The van der Waals surface area contributed by atoms with Crippen LogP contribution in [0.15, 0.2) is 24.3 Å². The Morgan fingerprint density at radius 2 is 2.00 bits per heavy atom. The summed E-state index contributed by atoms with van der Waals surface area (Å²) in [7, 11) is 1.60. The molecule has 0 unspecified atom stereocenters. The van der Waals surface area contributed by atoms with E-state index in [9.17, 15) is 9.59 Å². The van der Waals surface area contributed by atoms with Gasteiger partial charge in [-0.05, 0) is 24.5 Å². The number of para-hydroxylation sites is 1. The number of nitrogens with zero attached hydrogens (tertiary/aromatic N) is 1. The number of hydrogen-bond acceptors (Lipinski definition) is 2. The molecule has 0 aromatic heterocycles. The zero-order valence-electron chi connectivity index (χ0n) is 10.2. The van der Waals surface area contributed by atoms with Crippen molar-refractivity contribution in [3.63, 3.8) is 0 Å². The second kappa shape index (κ2) is 4.33. The van der Waals surface area contributed by atoms with E-state index < -0.39 is 12.0 Å². The van der Waals surface area contributed by atoms with Crippen LogP contribution in [-0.2, 0) is 10.2 Å². The Labute approximate surface area is 105 Å². The standard InChI is InChI=1S/C13H16N2O3/c1-15(12(14)18)10-5-3-2-4-9(10)13(6-7-13)8-11(16)17/h2-5H,6-8H2,1H3,(H2,14,18)(H,16,17). The molecule has 3 N–H and O–H groups in total. The van der Waals surface area contributed by atoms with E-state index in [1.54, 1.807) is 13.1 Å². The van der Waals surface area contributed by atoms with Gasteiger partial charge in [0.25, 0.3) is 0 Å². The molecule has 1 aromatic rings. The number of carboxylic acid groups (broad SMARTS) is 1. The zero-order valence-corrected chi connectivity index (χ0v) is 10.2. The maximum absolute atomic E-state index is 11.3. The summed E-state index contributed by atoms with van der Waals surface area (Å²) in [6.45, 7) is 0. The highest BCUT2D eigenvalue weighted by Crippen LogP contribution is 2.53. The topological polar surface area (TPSA) is 83.6 Å². The average Bonchev–Trinajstić information content (AvgIpc) is 3.08. The molecule has 5 nitrogen and oxygen atoms in total. The highest BCUT2D eigenvalue weighted by Gasteiger charge is 2.47. The van der Waals surface area contributed by atoms with Crippen LogP contribution in [0.4, 0.5) is 10.5 Å². The van der Waals surface area contributed by atoms with Crippen molar-refractivity contribution in [2.24, 2.45) is 5.73 Å². The summed E-state index contributed by atoms with van der Waals surface area (Å²) in [6.07, 6.45) is 1.77. The summed E-state index contributed by atoms with van der Waals surface area (Å²) in [5, 5.41) is 8.98. The summed E-state index contributed by atoms with van der Waals surface area (Å²) in [4.78, 5) is 23.5. The third-order valence-electron chi connectivity index (χ3n) is 3.51. The smallest absolute Gasteiger partial charge is 0.319 e. The minimum atomic E-state index is -0.816. The molecule has 1 aromatic carbocycles. The van der Waals surface area contributed by atoms with Gasteiger partial charge in [-0.1, -0.05) is 18.2 Å². The van der Waals surface area contributed by atoms with E-state index in [0.29, 0.717) is 5.69 Å². The molecule has 18 heavy (non-hydrogen) atoms. The molecule has 2 rings (SSSR count). The van der Waals surface area contributed by atoms with Gasteiger partial charge in [0.1, 0.15) is 0 Å². The zero-order chi connectivity index (χ0) is 13.3. The highest BCUT2D eigenvalue weighted by atomic mass is 16.4. The first-order valence-corrected chi connectivity index (χ1v) is 5.81. The lowest BCUT2D eigenvalue weighted by molar-refractivity contribution is -0.137. The number of nitrogens with two attached hydrogens (primary N) is 1. The minimum Gasteiger partial charge on any atom is -0.481 e. The fraction of sp³-hybridized carbons (Fsp3) is 0.385. The van der Waals surface area contributed by atoms with E-state index in [2.05, 4.69) is 0 Å². The van der Waals surface area contributed by atoms with Crippen LogP contribution >= 0.6 is 0 Å². The molecular formula is C13H16N2O3. The monoisotopic (exact) mass is 248 g/mol. The van der Waals surface area contributed by atoms with Crippen LogP contribution in [0.25, 0.3) is 0 Å². The maximum atomic E-state index is 11.3. The Morgan fingerprint density at radius 1 is 1.39 bits per heavy atom. The Bertz CT molecular complexity index is 495. The average molecular weight is 248 g/mol. The molecule has 0 heterocycles. The molecule has 1 aliphatic carbocycles. The Kier molecular flexibility index (Phi) is 2.98. The Hall–Kier alpha value is -2.04. The number of amides is 2. The van der Waals surface area contributed by atoms with Crippen molar-refractivity contribution in [1.29, 1.82) is 0 Å². The number of carboxylic acids is 1. The van der Waals surface area contributed by atoms with Crippen molar-refractivity contribution in [1.82, 2.24) is 0 Å². The van der Waals surface area contributed by atoms with Gasteiger partial charge in [0.2, 0.25) is 0 Å². The van der Waals surface area contributed by atoms with Crippen molar-refractivity contribution in [2.45, 2.75) is 24.7 Å². The molecule has 1 aliphatic rings. The largest absolute Gasteiger partial charge is 0.481 e. The summed E-state index contributed by atoms with van der Waals surface area (Å²) in [6, 6.07) is 6.80. The van der Waals surface area contributed by atoms with Crippen molar-refractivity contribution in [2.75, 3.05) is 11.9 Å². The number of carbonyl (C=O) groups is 2. The number of primary amides is 1. The first-order chi connectivity index (χ1) is 8.46. The molecule has 1 fully saturated rings. The number of hydrogen-bond donors (Lipinski definition) is 2. The lowest BCUT2D eigenvalue weighted by Crippen LogP contribution is -2.33. The van der Waals surface area contributed by atoms with Crippen LogP contribution in [0.3, 0.4) is 0 Å². The van der Waals surface area contributed by atoms with Gasteiger partial charge in [0.05, 0.1) is 6.42 Å². The fourth-order valence-corrected chi connectivity index (χ4v) is 2.31. The van der Waals surface area contributed by atoms with E-state index in [-0.39, 0.29) is 11.8 Å². The second-order valence-corrected chi connectivity index (χ2v) is 4.77. The highest BCUT2D eigenvalue weighted by molar-refractivity contribution is 5.91. The van der Waals surface area contributed by atoms with Crippen molar-refractivity contribution in [3.8, 4) is 0 Å². The first kappa shape index (κ1) is 12.4. The van der Waals surface area contributed by atoms with Gasteiger partial charge in [-0.15, -0.1) is 0 Å². The molecule has 0 spiro atoms. The van der Waals surface area contributed by atoms with E-state index >= 15 is 0 Å². The van der Waals surface area contributed by atoms with Gasteiger partial charge >= 0.3 is 12.0 Å². The molecule has 1 saturated carbocycles. The summed E-state index contributed by atoms with van der Waals surface area (Å²) in [5.74, 6) is -0.816. The van der Waals surface area contributed by atoms with Gasteiger partial charge < -0.3 is 10.8 Å². The lowest BCUT2D eigenvalue weighted by atomic mass is 9.90. The van der Waals surface area contributed by atoms with Crippen molar-refractivity contribution in [3.05, 3.63) is 29.8 Å². The van der Waals surface area contributed by atoms with Gasteiger partial charge in [0, 0.05) is 18.2 Å². The molecule has 0 radical (unpaired) electrons. The van der Waals surface area contributed by atoms with Gasteiger partial charge in [0.15, 0.2) is 0 Å². The van der Waals surface area contributed by atoms with Crippen LogP contribution in [0, 0.1) is 0 Å². The van der Waals surface area contributed by atoms with Crippen molar-refractivity contribution < 1.29 is 14.7 Å². The Morgan fingerprint density at radius 3 is 2.50 bits per heavy atom. The number of benzene rings is 1. The molecule has 0 aliphatic heterocycles. The number of anilines is 1. The number of rotatable bonds is 4. The minimum absolute atomic E-state index is 0.0939. The predicted octanol–water partition coefficient (Wildman–Crippen LogP) is 1.71. The van der Waals surface area contributed by atoms with Gasteiger partial charge in [-0.25, -0.2) is 4.79 Å². The van der Waals surface area contributed by atoms with Crippen LogP contribution in [-0.4, -0.2) is 24.2 Å². The molecular weight excluding hydrogens is 232 g/mol. The van der Waals surface area contributed by atoms with Gasteiger partial charge in [-0.2, -0.15) is 0 Å². The third kappa shape index (κ3) is 2.16. The van der Waals surface area contributed by atoms with E-state index in [1.807, 2.05) is 18.2 Å². The summed E-state index contributed by atoms with van der Waals surface area (Å²) in [5.41, 5.74) is 6.54. The molecule has 5 heteroatoms. The quantitative estimate of drug-likeness (QED) is 0.850. The third-order valence-corrected chi connectivity index (χ3v) is 3.51. The number of urea groups is 1. The number of carbonyl (C=O) groups excluding carboxylic acids is 1. The second-order valence-electron chi connectivity index (χ2n) is 4.77. The fourth-order valence-electron chi connectivity index (χ4n) is 2.31. The molecule has 0 bridgehead atoms. The predicted molar refractivity (Wildman–Crippen MR) is 67.6 cm³/mol. The van der Waals surface area contributed by atoms with Crippen LogP contribution in [0.2, 0.25) is 0 Å². The van der Waals surface area contributed by atoms with Crippen molar-refractivity contribution >= 4 is 17.7 Å². The maximum Gasteiger partial charge on any atom is 0.319 e. The Balaban J connectivity index is 2.39. The van der Waals surface area contributed by atoms with E-state index in [1.165, 1.54) is 4.90 Å². The van der Waals surface area contributed by atoms with Crippen LogP contribution < -0.4 is 10.6 Å². The number of aliphatic carboxylic acids is 1. The molecule has 96 valence electrons. The SMILES string of the molecule is CN(C(N)=O)c1ccccc1C1(CC(=O)O)CC1. The molecule has 0 atom stereocenters. The molecule has 0 saturated heterocycles. The summed E-state index contributed by atoms with van der Waals surface area (Å²) < 4.78 is 0. The first-order valence-electron chi connectivity index (χ1n) is 5.81. The molecule has 2 amide bonds. The summed E-state index contributed by atoms with van der Waals surface area (Å²) >= 11 is 0. The van der Waals surface area contributed by atoms with Gasteiger partial charge in [-0.3, -0.25) is 9.69 Å². The van der Waals surface area contributed by atoms with E-state index in [0.717, 1.165) is 18.4 Å². The van der Waals surface area contributed by atoms with Crippen LogP contribution in [0.1, 0.15) is 24.8 Å².